The Kier molecular flexibility index (Phi) is 4.27. The van der Waals surface area contributed by atoms with Gasteiger partial charge in [0.1, 0.15) is 5.82 Å². The van der Waals surface area contributed by atoms with Gasteiger partial charge >= 0.3 is 0 Å². The number of fused-ring (bicyclic) bond motifs is 1. The number of anilines is 1. The Labute approximate surface area is 134 Å². The van der Waals surface area contributed by atoms with E-state index in [2.05, 4.69) is 23.3 Å². The summed E-state index contributed by atoms with van der Waals surface area (Å²) in [5, 5.41) is 15.2. The normalized spacial score (nSPS) is 12.3. The van der Waals surface area contributed by atoms with E-state index in [0.717, 1.165) is 27.8 Å². The van der Waals surface area contributed by atoms with Crippen molar-refractivity contribution in [3.05, 3.63) is 70.7 Å². The zero-order chi connectivity index (χ0) is 15.5. The number of aromatic nitrogens is 1. The standard InChI is InChI=1S/C18H17ClN2O/c1-12-10-18(21-16-5-3-2-4-15(12)16)20-11-17(22)13-6-8-14(19)9-7-13/h2-10,17,22H,11H2,1H3,(H,20,21). The van der Waals surface area contributed by atoms with Crippen molar-refractivity contribution in [1.29, 1.82) is 0 Å². The Hall–Kier alpha value is -2.10. The second kappa shape index (κ2) is 6.34. The summed E-state index contributed by atoms with van der Waals surface area (Å²) in [5.74, 6) is 0.768. The molecule has 0 aliphatic rings. The lowest BCUT2D eigenvalue weighted by Crippen LogP contribution is -2.13. The van der Waals surface area contributed by atoms with Crippen LogP contribution in [0.2, 0.25) is 5.02 Å². The second-order valence-electron chi connectivity index (χ2n) is 5.29. The van der Waals surface area contributed by atoms with Crippen molar-refractivity contribution in [3.63, 3.8) is 0 Å². The van der Waals surface area contributed by atoms with E-state index in [1.54, 1.807) is 12.1 Å². The highest BCUT2D eigenvalue weighted by Crippen LogP contribution is 2.21. The van der Waals surface area contributed by atoms with Crippen molar-refractivity contribution in [2.45, 2.75) is 13.0 Å². The molecule has 0 fully saturated rings. The van der Waals surface area contributed by atoms with Gasteiger partial charge in [0.15, 0.2) is 0 Å². The highest BCUT2D eigenvalue weighted by atomic mass is 35.5. The van der Waals surface area contributed by atoms with Crippen LogP contribution in [0.4, 0.5) is 5.82 Å². The number of pyridine rings is 1. The molecule has 0 amide bonds. The van der Waals surface area contributed by atoms with Crippen LogP contribution in [0.1, 0.15) is 17.2 Å². The first-order valence-corrected chi connectivity index (χ1v) is 7.55. The third kappa shape index (κ3) is 3.21. The minimum Gasteiger partial charge on any atom is -0.387 e. The molecule has 0 radical (unpaired) electrons. The van der Waals surface area contributed by atoms with Gasteiger partial charge in [0.25, 0.3) is 0 Å². The maximum Gasteiger partial charge on any atom is 0.127 e. The van der Waals surface area contributed by atoms with Crippen LogP contribution < -0.4 is 5.32 Å². The molecule has 4 heteroatoms. The van der Waals surface area contributed by atoms with Crippen LogP contribution >= 0.6 is 11.6 Å². The van der Waals surface area contributed by atoms with Gasteiger partial charge in [0, 0.05) is 17.0 Å². The minimum absolute atomic E-state index is 0.395. The number of hydrogen-bond acceptors (Lipinski definition) is 3. The van der Waals surface area contributed by atoms with Gasteiger partial charge in [-0.1, -0.05) is 41.9 Å². The van der Waals surface area contributed by atoms with Crippen LogP contribution in [-0.4, -0.2) is 16.6 Å². The van der Waals surface area contributed by atoms with Crippen molar-refractivity contribution in [2.24, 2.45) is 0 Å². The highest BCUT2D eigenvalue weighted by Gasteiger charge is 2.08. The molecule has 0 aliphatic heterocycles. The topological polar surface area (TPSA) is 45.1 Å². The number of nitrogens with one attached hydrogen (secondary N) is 1. The number of nitrogens with zero attached hydrogens (tertiary/aromatic N) is 1. The summed E-state index contributed by atoms with van der Waals surface area (Å²) >= 11 is 5.85. The van der Waals surface area contributed by atoms with Crippen molar-refractivity contribution in [3.8, 4) is 0 Å². The largest absolute Gasteiger partial charge is 0.387 e. The fraction of sp³-hybridized carbons (Fsp3) is 0.167. The lowest BCUT2D eigenvalue weighted by atomic mass is 10.1. The van der Waals surface area contributed by atoms with E-state index in [1.807, 2.05) is 36.4 Å². The van der Waals surface area contributed by atoms with E-state index >= 15 is 0 Å². The average Bonchev–Trinajstić information content (AvgIpc) is 2.53. The molecule has 2 N–H and O–H groups in total. The van der Waals surface area contributed by atoms with Crippen LogP contribution in [0, 0.1) is 6.92 Å². The van der Waals surface area contributed by atoms with Crippen molar-refractivity contribution >= 4 is 28.3 Å². The maximum atomic E-state index is 10.2. The smallest absolute Gasteiger partial charge is 0.127 e. The molecular weight excluding hydrogens is 296 g/mol. The Balaban J connectivity index is 1.74. The van der Waals surface area contributed by atoms with Crippen molar-refractivity contribution in [1.82, 2.24) is 4.98 Å². The number of benzene rings is 2. The van der Waals surface area contributed by atoms with Gasteiger partial charge in [-0.25, -0.2) is 4.98 Å². The molecule has 0 bridgehead atoms. The summed E-state index contributed by atoms with van der Waals surface area (Å²) in [7, 11) is 0. The molecular formula is C18H17ClN2O. The fourth-order valence-electron chi connectivity index (χ4n) is 2.44. The molecule has 0 saturated heterocycles. The van der Waals surface area contributed by atoms with Crippen molar-refractivity contribution in [2.75, 3.05) is 11.9 Å². The summed E-state index contributed by atoms with van der Waals surface area (Å²) in [5.41, 5.74) is 2.94. The van der Waals surface area contributed by atoms with Crippen LogP contribution in [0.15, 0.2) is 54.6 Å². The summed E-state index contributed by atoms with van der Waals surface area (Å²) < 4.78 is 0. The van der Waals surface area contributed by atoms with E-state index in [9.17, 15) is 5.11 Å². The molecule has 0 aliphatic carbocycles. The Bertz CT molecular complexity index is 787. The summed E-state index contributed by atoms with van der Waals surface area (Å²) in [6, 6.07) is 17.2. The molecule has 0 saturated carbocycles. The zero-order valence-corrected chi connectivity index (χ0v) is 13.0. The van der Waals surface area contributed by atoms with Gasteiger partial charge in [-0.15, -0.1) is 0 Å². The van der Waals surface area contributed by atoms with Gasteiger partial charge in [-0.2, -0.15) is 0 Å². The van der Waals surface area contributed by atoms with Gasteiger partial charge in [0.05, 0.1) is 11.6 Å². The summed E-state index contributed by atoms with van der Waals surface area (Å²) in [4.78, 5) is 4.57. The molecule has 3 rings (SSSR count). The molecule has 2 aromatic carbocycles. The van der Waals surface area contributed by atoms with Crippen LogP contribution in [0.25, 0.3) is 10.9 Å². The third-order valence-electron chi connectivity index (χ3n) is 3.65. The Morgan fingerprint density at radius 2 is 1.86 bits per heavy atom. The van der Waals surface area contributed by atoms with E-state index in [-0.39, 0.29) is 0 Å². The minimum atomic E-state index is -0.606. The Morgan fingerprint density at radius 1 is 1.14 bits per heavy atom. The molecule has 1 heterocycles. The molecule has 1 unspecified atom stereocenters. The van der Waals surface area contributed by atoms with Crippen LogP contribution in [0.5, 0.6) is 0 Å². The number of rotatable bonds is 4. The SMILES string of the molecule is Cc1cc(NCC(O)c2ccc(Cl)cc2)nc2ccccc12. The molecule has 3 nitrogen and oxygen atoms in total. The number of aliphatic hydroxyl groups is 1. The molecule has 1 atom stereocenters. The summed E-state index contributed by atoms with van der Waals surface area (Å²) in [6.45, 7) is 2.46. The first-order chi connectivity index (χ1) is 10.6. The van der Waals surface area contributed by atoms with Crippen molar-refractivity contribution < 1.29 is 5.11 Å². The second-order valence-corrected chi connectivity index (χ2v) is 5.73. The van der Waals surface area contributed by atoms with E-state index in [1.165, 1.54) is 0 Å². The number of aryl methyl sites for hydroxylation is 1. The predicted octanol–water partition coefficient (Wildman–Crippen LogP) is 4.34. The van der Waals surface area contributed by atoms with Gasteiger partial charge < -0.3 is 10.4 Å². The van der Waals surface area contributed by atoms with Gasteiger partial charge in [-0.3, -0.25) is 0 Å². The Morgan fingerprint density at radius 3 is 2.64 bits per heavy atom. The highest BCUT2D eigenvalue weighted by molar-refractivity contribution is 6.30. The number of halogens is 1. The van der Waals surface area contributed by atoms with E-state index in [0.29, 0.717) is 11.6 Å². The molecule has 0 spiro atoms. The van der Waals surface area contributed by atoms with Gasteiger partial charge in [0.2, 0.25) is 0 Å². The van der Waals surface area contributed by atoms with E-state index < -0.39 is 6.10 Å². The lowest BCUT2D eigenvalue weighted by molar-refractivity contribution is 0.191. The molecule has 22 heavy (non-hydrogen) atoms. The van der Waals surface area contributed by atoms with E-state index in [4.69, 9.17) is 11.6 Å². The van der Waals surface area contributed by atoms with Gasteiger partial charge in [-0.05, 0) is 42.3 Å². The maximum absolute atomic E-state index is 10.2. The van der Waals surface area contributed by atoms with Crippen LogP contribution in [-0.2, 0) is 0 Å². The lowest BCUT2D eigenvalue weighted by Gasteiger charge is -2.14. The number of para-hydroxylation sites is 1. The number of aliphatic hydroxyl groups excluding tert-OH is 1. The fourth-order valence-corrected chi connectivity index (χ4v) is 2.57. The first-order valence-electron chi connectivity index (χ1n) is 7.17. The number of hydrogen-bond donors (Lipinski definition) is 2. The summed E-state index contributed by atoms with van der Waals surface area (Å²) in [6.07, 6.45) is -0.606. The van der Waals surface area contributed by atoms with Crippen LogP contribution in [0.3, 0.4) is 0 Å². The first kappa shape index (κ1) is 14.8. The molecule has 1 aromatic heterocycles. The monoisotopic (exact) mass is 312 g/mol. The average molecular weight is 313 g/mol. The molecule has 3 aromatic rings. The predicted molar refractivity (Wildman–Crippen MR) is 91.4 cm³/mol. The third-order valence-corrected chi connectivity index (χ3v) is 3.91. The molecule has 112 valence electrons. The quantitative estimate of drug-likeness (QED) is 0.753. The zero-order valence-electron chi connectivity index (χ0n) is 12.3.